The first-order valence-electron chi connectivity index (χ1n) is 8.77. The van der Waals surface area contributed by atoms with E-state index in [4.69, 9.17) is 0 Å². The highest BCUT2D eigenvalue weighted by Gasteiger charge is 2.47. The molecule has 2 aromatic heterocycles. The molecule has 29 heavy (non-hydrogen) atoms. The van der Waals surface area contributed by atoms with Gasteiger partial charge in [0.05, 0.1) is 11.8 Å². The topological polar surface area (TPSA) is 70.2 Å². The number of benzene rings is 1. The molecule has 0 aliphatic carbocycles. The molecule has 3 aromatic rings. The lowest BCUT2D eigenvalue weighted by molar-refractivity contribution is -0.568. The third-order valence-corrected chi connectivity index (χ3v) is 4.79. The molecule has 1 aromatic carbocycles. The Bertz CT molecular complexity index is 1040. The second kappa shape index (κ2) is 7.25. The summed E-state index contributed by atoms with van der Waals surface area (Å²) < 4.78 is 40.8. The molecule has 0 saturated heterocycles. The van der Waals surface area contributed by atoms with Crippen molar-refractivity contribution >= 4 is 11.7 Å². The van der Waals surface area contributed by atoms with Gasteiger partial charge < -0.3 is 5.11 Å². The zero-order valence-electron chi connectivity index (χ0n) is 15.0. The van der Waals surface area contributed by atoms with Crippen LogP contribution >= 0.6 is 0 Å². The summed E-state index contributed by atoms with van der Waals surface area (Å²) >= 11 is 0. The van der Waals surface area contributed by atoms with Crippen molar-refractivity contribution < 1.29 is 27.6 Å². The number of rotatable bonds is 3. The summed E-state index contributed by atoms with van der Waals surface area (Å²) in [7, 11) is 0. The fourth-order valence-electron chi connectivity index (χ4n) is 3.45. The SMILES string of the molecule is O=C1C(c2cccc(C(F)(F)F)c2)C(O)N(Cc2cncnc2)c2cccc[n+]21. The summed E-state index contributed by atoms with van der Waals surface area (Å²) in [5.74, 6) is -1.27. The Morgan fingerprint density at radius 1 is 1.10 bits per heavy atom. The van der Waals surface area contributed by atoms with Crippen molar-refractivity contribution in [3.05, 3.63) is 84.1 Å². The summed E-state index contributed by atoms with van der Waals surface area (Å²) in [4.78, 5) is 22.5. The number of aromatic nitrogens is 3. The van der Waals surface area contributed by atoms with E-state index in [1.165, 1.54) is 29.2 Å². The number of carbonyl (C=O) groups excluding carboxylic acids is 1. The molecular formula is C20H16F3N4O2+. The number of hydrogen-bond acceptors (Lipinski definition) is 5. The molecule has 4 rings (SSSR count). The number of anilines is 1. The number of alkyl halides is 3. The van der Waals surface area contributed by atoms with Gasteiger partial charge >= 0.3 is 12.1 Å². The largest absolute Gasteiger partial charge is 0.416 e. The van der Waals surface area contributed by atoms with Crippen LogP contribution in [0.1, 0.15) is 27.4 Å². The van der Waals surface area contributed by atoms with Crippen molar-refractivity contribution in [2.24, 2.45) is 0 Å². The lowest BCUT2D eigenvalue weighted by Gasteiger charge is -2.33. The Hall–Kier alpha value is -3.33. The van der Waals surface area contributed by atoms with Crippen LogP contribution in [0.15, 0.2) is 67.4 Å². The fraction of sp³-hybridized carbons (Fsp3) is 0.200. The maximum Gasteiger partial charge on any atom is 0.416 e. The first-order chi connectivity index (χ1) is 13.9. The van der Waals surface area contributed by atoms with Gasteiger partial charge in [0.25, 0.3) is 5.82 Å². The van der Waals surface area contributed by atoms with Crippen LogP contribution in [0.5, 0.6) is 0 Å². The van der Waals surface area contributed by atoms with Gasteiger partial charge in [0.15, 0.2) is 5.92 Å². The monoisotopic (exact) mass is 401 g/mol. The van der Waals surface area contributed by atoms with E-state index in [9.17, 15) is 23.1 Å². The van der Waals surface area contributed by atoms with E-state index in [0.29, 0.717) is 11.4 Å². The molecule has 6 nitrogen and oxygen atoms in total. The molecule has 3 heterocycles. The molecule has 0 saturated carbocycles. The van der Waals surface area contributed by atoms with Crippen molar-refractivity contribution in [1.82, 2.24) is 9.97 Å². The van der Waals surface area contributed by atoms with Crippen molar-refractivity contribution in [1.29, 1.82) is 0 Å². The number of halogens is 3. The van der Waals surface area contributed by atoms with E-state index >= 15 is 0 Å². The number of aliphatic hydroxyl groups is 1. The molecule has 1 aliphatic heterocycles. The normalized spacial score (nSPS) is 19.2. The number of carbonyl (C=O) groups is 1. The minimum Gasteiger partial charge on any atom is -0.354 e. The number of pyridine rings is 1. The molecule has 2 unspecified atom stereocenters. The Morgan fingerprint density at radius 3 is 2.59 bits per heavy atom. The van der Waals surface area contributed by atoms with Gasteiger partial charge in [0, 0.05) is 24.0 Å². The van der Waals surface area contributed by atoms with Crippen molar-refractivity contribution in [2.75, 3.05) is 4.90 Å². The second-order valence-electron chi connectivity index (χ2n) is 6.66. The van der Waals surface area contributed by atoms with Crippen LogP contribution in [0, 0.1) is 0 Å². The summed E-state index contributed by atoms with van der Waals surface area (Å²) in [5, 5.41) is 11.0. The second-order valence-corrected chi connectivity index (χ2v) is 6.66. The maximum absolute atomic E-state index is 13.2. The Labute approximate surface area is 163 Å². The van der Waals surface area contributed by atoms with Crippen LogP contribution < -0.4 is 9.47 Å². The smallest absolute Gasteiger partial charge is 0.354 e. The molecule has 9 heteroatoms. The van der Waals surface area contributed by atoms with Crippen LogP contribution in [-0.2, 0) is 12.7 Å². The van der Waals surface area contributed by atoms with Crippen molar-refractivity contribution in [3.63, 3.8) is 0 Å². The van der Waals surface area contributed by atoms with Gasteiger partial charge in [-0.15, -0.1) is 0 Å². The van der Waals surface area contributed by atoms with E-state index in [2.05, 4.69) is 9.97 Å². The third kappa shape index (κ3) is 3.56. The standard InChI is InChI=1S/C20H16F3N4O2/c21-20(22,23)15-5-3-4-14(8-15)17-18(28)26-7-2-1-6-16(26)27(19(17)29)11-13-9-24-12-25-10-13/h1-10,12,17,19,29H,11H2/q+1. The minimum absolute atomic E-state index is 0.0913. The molecular weight excluding hydrogens is 385 g/mol. The van der Waals surface area contributed by atoms with Gasteiger partial charge in [0.2, 0.25) is 6.23 Å². The first kappa shape index (κ1) is 19.0. The zero-order valence-corrected chi connectivity index (χ0v) is 15.0. The molecule has 0 bridgehead atoms. The van der Waals surface area contributed by atoms with Crippen LogP contribution in [0.25, 0.3) is 0 Å². The van der Waals surface area contributed by atoms with E-state index in [1.807, 2.05) is 0 Å². The van der Waals surface area contributed by atoms with Crippen molar-refractivity contribution in [3.8, 4) is 0 Å². The van der Waals surface area contributed by atoms with Gasteiger partial charge in [-0.1, -0.05) is 24.3 Å². The predicted molar refractivity (Wildman–Crippen MR) is 95.7 cm³/mol. The van der Waals surface area contributed by atoms with Gasteiger partial charge in [-0.3, -0.25) is 0 Å². The predicted octanol–water partition coefficient (Wildman–Crippen LogP) is 2.55. The fourth-order valence-corrected chi connectivity index (χ4v) is 3.45. The number of fused-ring (bicyclic) bond motifs is 1. The Morgan fingerprint density at radius 2 is 1.86 bits per heavy atom. The van der Waals surface area contributed by atoms with E-state index in [0.717, 1.165) is 12.1 Å². The lowest BCUT2D eigenvalue weighted by Crippen LogP contribution is -2.61. The van der Waals surface area contributed by atoms with Crippen LogP contribution in [0.4, 0.5) is 19.0 Å². The highest BCUT2D eigenvalue weighted by Crippen LogP contribution is 2.35. The summed E-state index contributed by atoms with van der Waals surface area (Å²) in [5.41, 5.74) is -0.102. The Balaban J connectivity index is 1.79. The average Bonchev–Trinajstić information content (AvgIpc) is 2.72. The van der Waals surface area contributed by atoms with Crippen LogP contribution in [0.2, 0.25) is 0 Å². The molecule has 0 radical (unpaired) electrons. The lowest BCUT2D eigenvalue weighted by atomic mass is 9.92. The third-order valence-electron chi connectivity index (χ3n) is 4.79. The summed E-state index contributed by atoms with van der Waals surface area (Å²) in [6.07, 6.45) is 0.122. The van der Waals surface area contributed by atoms with Crippen LogP contribution in [-0.4, -0.2) is 27.2 Å². The molecule has 148 valence electrons. The highest BCUT2D eigenvalue weighted by molar-refractivity contribution is 5.80. The molecule has 1 N–H and O–H groups in total. The van der Waals surface area contributed by atoms with Gasteiger partial charge in [-0.2, -0.15) is 17.7 Å². The maximum atomic E-state index is 13.2. The molecule has 1 aliphatic rings. The van der Waals surface area contributed by atoms with Gasteiger partial charge in [-0.05, 0) is 17.7 Å². The molecule has 0 fully saturated rings. The molecule has 2 atom stereocenters. The molecule has 0 amide bonds. The summed E-state index contributed by atoms with van der Waals surface area (Å²) in [6, 6.07) is 9.51. The van der Waals surface area contributed by atoms with Crippen LogP contribution in [0.3, 0.4) is 0 Å². The Kier molecular flexibility index (Phi) is 4.75. The van der Waals surface area contributed by atoms with Gasteiger partial charge in [-0.25, -0.2) is 19.7 Å². The van der Waals surface area contributed by atoms with E-state index < -0.39 is 29.8 Å². The summed E-state index contributed by atoms with van der Waals surface area (Å²) in [6.45, 7) is 0.175. The number of aliphatic hydroxyl groups excluding tert-OH is 1. The number of nitrogens with zero attached hydrogens (tertiary/aromatic N) is 4. The van der Waals surface area contributed by atoms with E-state index in [1.54, 1.807) is 35.5 Å². The number of hydrogen-bond donors (Lipinski definition) is 1. The average molecular weight is 401 g/mol. The van der Waals surface area contributed by atoms with E-state index in [-0.39, 0.29) is 12.1 Å². The highest BCUT2D eigenvalue weighted by atomic mass is 19.4. The van der Waals surface area contributed by atoms with Crippen molar-refractivity contribution in [2.45, 2.75) is 24.9 Å². The minimum atomic E-state index is -4.55. The quantitative estimate of drug-likeness (QED) is 0.683. The van der Waals surface area contributed by atoms with Gasteiger partial charge in [0.1, 0.15) is 12.9 Å². The zero-order chi connectivity index (χ0) is 20.6. The first-order valence-corrected chi connectivity index (χ1v) is 8.77. The molecule has 0 spiro atoms.